The molecule has 2 rings (SSSR count). The Morgan fingerprint density at radius 3 is 2.35 bits per heavy atom. The van der Waals surface area contributed by atoms with Crippen LogP contribution in [0.5, 0.6) is 0 Å². The molecule has 0 bridgehead atoms. The van der Waals surface area contributed by atoms with E-state index < -0.39 is 0 Å². The number of aliphatic hydroxyl groups excluding tert-OH is 1. The molecule has 0 aromatic heterocycles. The molecule has 0 aromatic carbocycles. The fraction of sp³-hybridized carbons (Fsp3) is 1.00. The molecule has 100 valence electrons. The van der Waals surface area contributed by atoms with Crippen LogP contribution in [0.1, 0.15) is 58.8 Å². The van der Waals surface area contributed by atoms with Crippen molar-refractivity contribution >= 4 is 0 Å². The Balaban J connectivity index is 1.64. The predicted molar refractivity (Wildman–Crippen MR) is 69.9 cm³/mol. The lowest BCUT2D eigenvalue weighted by atomic mass is 9.82. The molecule has 2 aliphatic rings. The second kappa shape index (κ2) is 6.19. The predicted octanol–water partition coefficient (Wildman–Crippen LogP) is 3.38. The average molecular weight is 240 g/mol. The van der Waals surface area contributed by atoms with E-state index in [2.05, 4.69) is 13.8 Å². The number of aliphatic hydroxyl groups is 1. The fourth-order valence-corrected chi connectivity index (χ4v) is 3.75. The van der Waals surface area contributed by atoms with Gasteiger partial charge < -0.3 is 9.84 Å². The maximum atomic E-state index is 9.75. The molecule has 0 aromatic rings. The Kier molecular flexibility index (Phi) is 4.87. The molecule has 2 heteroatoms. The van der Waals surface area contributed by atoms with Crippen molar-refractivity contribution in [3.8, 4) is 0 Å². The molecule has 2 nitrogen and oxygen atoms in total. The van der Waals surface area contributed by atoms with Gasteiger partial charge in [-0.1, -0.05) is 20.3 Å². The molecule has 17 heavy (non-hydrogen) atoms. The Morgan fingerprint density at radius 2 is 1.76 bits per heavy atom. The van der Waals surface area contributed by atoms with E-state index in [1.165, 1.54) is 32.1 Å². The van der Waals surface area contributed by atoms with Crippen LogP contribution >= 0.6 is 0 Å². The highest BCUT2D eigenvalue weighted by Crippen LogP contribution is 2.32. The zero-order valence-corrected chi connectivity index (χ0v) is 11.4. The van der Waals surface area contributed by atoms with Gasteiger partial charge in [0.25, 0.3) is 0 Å². The number of rotatable bonds is 4. The van der Waals surface area contributed by atoms with Crippen LogP contribution in [0.25, 0.3) is 0 Å². The summed E-state index contributed by atoms with van der Waals surface area (Å²) in [4.78, 5) is 0. The molecular formula is C15H28O2. The van der Waals surface area contributed by atoms with Crippen molar-refractivity contribution in [3.63, 3.8) is 0 Å². The van der Waals surface area contributed by atoms with Crippen molar-refractivity contribution in [2.75, 3.05) is 6.61 Å². The van der Waals surface area contributed by atoms with Gasteiger partial charge in [0.2, 0.25) is 0 Å². The van der Waals surface area contributed by atoms with Gasteiger partial charge in [-0.2, -0.15) is 0 Å². The Morgan fingerprint density at radius 1 is 1.06 bits per heavy atom. The maximum absolute atomic E-state index is 9.75. The van der Waals surface area contributed by atoms with Crippen molar-refractivity contribution < 1.29 is 9.84 Å². The molecule has 2 saturated carbocycles. The van der Waals surface area contributed by atoms with Gasteiger partial charge in [-0.15, -0.1) is 0 Å². The molecule has 0 radical (unpaired) electrons. The summed E-state index contributed by atoms with van der Waals surface area (Å²) in [6.45, 7) is 5.53. The minimum absolute atomic E-state index is 0.0530. The zero-order chi connectivity index (χ0) is 12.3. The normalized spacial score (nSPS) is 42.9. The summed E-state index contributed by atoms with van der Waals surface area (Å²) in [5.74, 6) is 2.15. The van der Waals surface area contributed by atoms with Crippen LogP contribution in [0.4, 0.5) is 0 Å². The van der Waals surface area contributed by atoms with Crippen LogP contribution in [0, 0.1) is 17.8 Å². The molecular weight excluding hydrogens is 212 g/mol. The van der Waals surface area contributed by atoms with Crippen LogP contribution in [-0.2, 0) is 4.74 Å². The van der Waals surface area contributed by atoms with Crippen molar-refractivity contribution in [2.45, 2.75) is 71.0 Å². The maximum Gasteiger partial charge on any atom is 0.0580 e. The first-order valence-electron chi connectivity index (χ1n) is 7.44. The second-order valence-corrected chi connectivity index (χ2v) is 6.46. The number of hydrogen-bond acceptors (Lipinski definition) is 2. The van der Waals surface area contributed by atoms with Crippen LogP contribution in [-0.4, -0.2) is 23.9 Å². The average Bonchev–Trinajstić information content (AvgIpc) is 2.63. The van der Waals surface area contributed by atoms with E-state index in [1.807, 2.05) is 0 Å². The van der Waals surface area contributed by atoms with E-state index >= 15 is 0 Å². The van der Waals surface area contributed by atoms with Crippen LogP contribution in [0.15, 0.2) is 0 Å². The third kappa shape index (κ3) is 3.96. The monoisotopic (exact) mass is 240 g/mol. The number of ether oxygens (including phenoxy) is 1. The van der Waals surface area contributed by atoms with E-state index in [1.54, 1.807) is 0 Å². The molecule has 0 aliphatic heterocycles. The molecule has 0 heterocycles. The quantitative estimate of drug-likeness (QED) is 0.816. The van der Waals surface area contributed by atoms with Gasteiger partial charge >= 0.3 is 0 Å². The minimum Gasteiger partial charge on any atom is -0.393 e. The molecule has 0 spiro atoms. The summed E-state index contributed by atoms with van der Waals surface area (Å²) in [6, 6.07) is 0. The van der Waals surface area contributed by atoms with Crippen molar-refractivity contribution in [1.29, 1.82) is 0 Å². The van der Waals surface area contributed by atoms with Gasteiger partial charge in [0.1, 0.15) is 0 Å². The Labute approximate surface area is 106 Å². The highest BCUT2D eigenvalue weighted by molar-refractivity contribution is 4.78. The first-order chi connectivity index (χ1) is 8.15. The van der Waals surface area contributed by atoms with E-state index in [0.29, 0.717) is 12.0 Å². The smallest absolute Gasteiger partial charge is 0.0580 e. The van der Waals surface area contributed by atoms with Gasteiger partial charge in [-0.3, -0.25) is 0 Å². The molecule has 0 amide bonds. The Bertz CT molecular complexity index is 219. The summed E-state index contributed by atoms with van der Waals surface area (Å²) < 4.78 is 6.02. The van der Waals surface area contributed by atoms with Gasteiger partial charge in [0, 0.05) is 6.61 Å². The summed E-state index contributed by atoms with van der Waals surface area (Å²) in [5, 5.41) is 9.75. The van der Waals surface area contributed by atoms with Crippen LogP contribution < -0.4 is 0 Å². The lowest BCUT2D eigenvalue weighted by molar-refractivity contribution is -0.0105. The standard InChI is InChI=1S/C15H28O2/c1-11-8-12(2)10-14(9-11)17-7-6-13-4-3-5-15(13)16/h11-16H,3-10H2,1-2H3. The van der Waals surface area contributed by atoms with Gasteiger partial charge in [0.05, 0.1) is 12.2 Å². The van der Waals surface area contributed by atoms with E-state index in [-0.39, 0.29) is 6.10 Å². The third-order valence-corrected chi connectivity index (χ3v) is 4.60. The van der Waals surface area contributed by atoms with Crippen molar-refractivity contribution in [2.24, 2.45) is 17.8 Å². The summed E-state index contributed by atoms with van der Waals surface area (Å²) in [5.41, 5.74) is 0. The summed E-state index contributed by atoms with van der Waals surface area (Å²) >= 11 is 0. The first-order valence-corrected chi connectivity index (χ1v) is 7.44. The number of hydrogen-bond donors (Lipinski definition) is 1. The zero-order valence-electron chi connectivity index (χ0n) is 11.4. The summed E-state index contributed by atoms with van der Waals surface area (Å²) in [7, 11) is 0. The molecule has 1 N–H and O–H groups in total. The Hall–Kier alpha value is -0.0800. The van der Waals surface area contributed by atoms with E-state index in [4.69, 9.17) is 4.74 Å². The molecule has 4 atom stereocenters. The van der Waals surface area contributed by atoms with Gasteiger partial charge in [-0.05, 0) is 56.3 Å². The lowest BCUT2D eigenvalue weighted by Gasteiger charge is -2.31. The highest BCUT2D eigenvalue weighted by atomic mass is 16.5. The van der Waals surface area contributed by atoms with Crippen molar-refractivity contribution in [3.05, 3.63) is 0 Å². The SMILES string of the molecule is CC1CC(C)CC(OCCC2CCCC2O)C1. The molecule has 2 aliphatic carbocycles. The molecule has 2 fully saturated rings. The van der Waals surface area contributed by atoms with Crippen LogP contribution in [0.3, 0.4) is 0 Å². The second-order valence-electron chi connectivity index (χ2n) is 6.46. The largest absolute Gasteiger partial charge is 0.393 e. The van der Waals surface area contributed by atoms with E-state index in [0.717, 1.165) is 31.3 Å². The fourth-order valence-electron chi connectivity index (χ4n) is 3.75. The highest BCUT2D eigenvalue weighted by Gasteiger charge is 2.27. The van der Waals surface area contributed by atoms with E-state index in [9.17, 15) is 5.11 Å². The topological polar surface area (TPSA) is 29.5 Å². The lowest BCUT2D eigenvalue weighted by Crippen LogP contribution is -2.27. The van der Waals surface area contributed by atoms with Crippen LogP contribution in [0.2, 0.25) is 0 Å². The van der Waals surface area contributed by atoms with Crippen molar-refractivity contribution in [1.82, 2.24) is 0 Å². The summed E-state index contributed by atoms with van der Waals surface area (Å²) in [6.07, 6.45) is 8.71. The van der Waals surface area contributed by atoms with Gasteiger partial charge in [0.15, 0.2) is 0 Å². The molecule has 0 saturated heterocycles. The minimum atomic E-state index is -0.0530. The first kappa shape index (κ1) is 13.4. The third-order valence-electron chi connectivity index (χ3n) is 4.60. The molecule has 4 unspecified atom stereocenters. The van der Waals surface area contributed by atoms with Gasteiger partial charge in [-0.25, -0.2) is 0 Å².